The maximum absolute atomic E-state index is 6.27. The number of hydrogen-bond donors (Lipinski definition) is 0. The summed E-state index contributed by atoms with van der Waals surface area (Å²) < 4.78 is 17.0. The number of ether oxygens (including phenoxy) is 2. The van der Waals surface area contributed by atoms with Crippen molar-refractivity contribution in [2.75, 3.05) is 13.7 Å². The number of hydrogen-bond acceptors (Lipinski definition) is 2. The summed E-state index contributed by atoms with van der Waals surface area (Å²) in [6.45, 7) is 2.53. The van der Waals surface area contributed by atoms with Gasteiger partial charge in [-0.3, -0.25) is 0 Å². The highest BCUT2D eigenvalue weighted by atomic mass is 35.5. The molecule has 0 aliphatic rings. The Hall–Kier alpha value is -2.26. The van der Waals surface area contributed by atoms with Crippen LogP contribution >= 0.6 is 11.6 Å². The lowest BCUT2D eigenvalue weighted by atomic mass is 10.1. The average Bonchev–Trinajstić information content (AvgIpc) is 2.54. The third-order valence-corrected chi connectivity index (χ3v) is 3.71. The van der Waals surface area contributed by atoms with Crippen molar-refractivity contribution in [1.29, 1.82) is 0 Å². The van der Waals surface area contributed by atoms with Crippen LogP contribution in [0.15, 0.2) is 52.9 Å². The molecule has 0 unspecified atom stereocenters. The Bertz CT molecular complexity index is 815. The van der Waals surface area contributed by atoms with Gasteiger partial charge in [-0.2, -0.15) is 0 Å². The van der Waals surface area contributed by atoms with Crippen molar-refractivity contribution in [3.05, 3.63) is 53.6 Å². The van der Waals surface area contributed by atoms with Crippen molar-refractivity contribution < 1.29 is 13.9 Å². The largest absolute Gasteiger partial charge is 0.496 e. The molecule has 1 heterocycles. The van der Waals surface area contributed by atoms with Gasteiger partial charge in [-0.15, -0.1) is 0 Å². The molecule has 0 amide bonds. The molecule has 112 valence electrons. The minimum absolute atomic E-state index is 0.576. The van der Waals surface area contributed by atoms with Crippen LogP contribution in [0.25, 0.3) is 22.3 Å². The second-order valence-corrected chi connectivity index (χ2v) is 5.16. The molecule has 0 atom stereocenters. The van der Waals surface area contributed by atoms with Gasteiger partial charge < -0.3 is 9.47 Å². The molecule has 1 aromatic heterocycles. The van der Waals surface area contributed by atoms with Crippen LogP contribution in [-0.2, 0) is 0 Å². The summed E-state index contributed by atoms with van der Waals surface area (Å²) in [6.07, 6.45) is 0. The van der Waals surface area contributed by atoms with E-state index >= 15 is 0 Å². The smallest absolute Gasteiger partial charge is 0.368 e. The number of methoxy groups -OCH3 is 1. The zero-order chi connectivity index (χ0) is 15.5. The first-order chi connectivity index (χ1) is 10.7. The Balaban J connectivity index is 2.25. The van der Waals surface area contributed by atoms with E-state index in [-0.39, 0.29) is 0 Å². The molecule has 0 N–H and O–H groups in total. The van der Waals surface area contributed by atoms with Crippen LogP contribution < -0.4 is 9.47 Å². The van der Waals surface area contributed by atoms with E-state index in [4.69, 9.17) is 25.5 Å². The molecule has 3 aromatic rings. The van der Waals surface area contributed by atoms with E-state index in [1.807, 2.05) is 55.5 Å². The molecule has 0 saturated heterocycles. The third kappa shape index (κ3) is 2.72. The van der Waals surface area contributed by atoms with Crippen molar-refractivity contribution in [3.8, 4) is 22.8 Å². The maximum atomic E-state index is 6.27. The van der Waals surface area contributed by atoms with Crippen LogP contribution in [0, 0.1) is 0 Å². The van der Waals surface area contributed by atoms with Crippen molar-refractivity contribution in [2.24, 2.45) is 0 Å². The first-order valence-electron chi connectivity index (χ1n) is 7.05. The SMILES string of the molecule is CCOc1cc(-c2ccccc2Cl)[o+]c2cc(OC)ccc12. The fourth-order valence-corrected chi connectivity index (χ4v) is 2.56. The summed E-state index contributed by atoms with van der Waals surface area (Å²) in [7, 11) is 1.63. The molecular weight excluding hydrogens is 300 g/mol. The van der Waals surface area contributed by atoms with Gasteiger partial charge in [-0.1, -0.05) is 23.7 Å². The quantitative estimate of drug-likeness (QED) is 0.600. The molecule has 0 radical (unpaired) electrons. The Morgan fingerprint density at radius 2 is 1.91 bits per heavy atom. The topological polar surface area (TPSA) is 29.8 Å². The maximum Gasteiger partial charge on any atom is 0.368 e. The predicted octanol–water partition coefficient (Wildman–Crippen LogP) is 5.44. The van der Waals surface area contributed by atoms with Crippen LogP contribution in [-0.4, -0.2) is 13.7 Å². The Morgan fingerprint density at radius 1 is 1.09 bits per heavy atom. The second kappa shape index (κ2) is 6.24. The van der Waals surface area contributed by atoms with Crippen molar-refractivity contribution in [3.63, 3.8) is 0 Å². The highest BCUT2D eigenvalue weighted by Crippen LogP contribution is 2.36. The summed E-state index contributed by atoms with van der Waals surface area (Å²) in [4.78, 5) is 0. The van der Waals surface area contributed by atoms with Gasteiger partial charge in [0.05, 0.1) is 36.4 Å². The average molecular weight is 316 g/mol. The summed E-state index contributed by atoms with van der Waals surface area (Å²) in [5.41, 5.74) is 1.52. The predicted molar refractivity (Wildman–Crippen MR) is 88.8 cm³/mol. The molecular formula is C18H16ClO3+. The lowest BCUT2D eigenvalue weighted by molar-refractivity contribution is 0.342. The Kier molecular flexibility index (Phi) is 4.16. The molecule has 0 fully saturated rings. The lowest BCUT2D eigenvalue weighted by Crippen LogP contribution is -1.94. The zero-order valence-corrected chi connectivity index (χ0v) is 13.2. The van der Waals surface area contributed by atoms with Crippen molar-refractivity contribution in [1.82, 2.24) is 0 Å². The van der Waals surface area contributed by atoms with Gasteiger partial charge in [0, 0.05) is 0 Å². The van der Waals surface area contributed by atoms with Crippen LogP contribution in [0.5, 0.6) is 11.5 Å². The molecule has 22 heavy (non-hydrogen) atoms. The van der Waals surface area contributed by atoms with Gasteiger partial charge >= 0.3 is 11.3 Å². The van der Waals surface area contributed by atoms with E-state index in [2.05, 4.69) is 0 Å². The van der Waals surface area contributed by atoms with E-state index < -0.39 is 0 Å². The minimum atomic E-state index is 0.576. The second-order valence-electron chi connectivity index (χ2n) is 4.75. The van der Waals surface area contributed by atoms with Gasteiger partial charge in [0.15, 0.2) is 0 Å². The zero-order valence-electron chi connectivity index (χ0n) is 12.4. The summed E-state index contributed by atoms with van der Waals surface area (Å²) in [6, 6.07) is 15.1. The monoisotopic (exact) mass is 315 g/mol. The van der Waals surface area contributed by atoms with Gasteiger partial charge in [0.2, 0.25) is 0 Å². The van der Waals surface area contributed by atoms with Crippen LogP contribution in [0.2, 0.25) is 5.02 Å². The highest BCUT2D eigenvalue weighted by Gasteiger charge is 2.22. The lowest BCUT2D eigenvalue weighted by Gasteiger charge is -2.05. The third-order valence-electron chi connectivity index (χ3n) is 3.38. The fraction of sp³-hybridized carbons (Fsp3) is 0.167. The van der Waals surface area contributed by atoms with E-state index in [1.54, 1.807) is 7.11 Å². The Morgan fingerprint density at radius 3 is 2.64 bits per heavy atom. The van der Waals surface area contributed by atoms with Crippen molar-refractivity contribution in [2.45, 2.75) is 6.92 Å². The first-order valence-corrected chi connectivity index (χ1v) is 7.43. The molecule has 3 nitrogen and oxygen atoms in total. The molecule has 0 aliphatic carbocycles. The van der Waals surface area contributed by atoms with Gasteiger partial charge in [-0.05, 0) is 31.2 Å². The van der Waals surface area contributed by atoms with E-state index in [9.17, 15) is 0 Å². The molecule has 0 spiro atoms. The number of fused-ring (bicyclic) bond motifs is 1. The molecule has 4 heteroatoms. The summed E-state index contributed by atoms with van der Waals surface area (Å²) in [5, 5.41) is 1.54. The van der Waals surface area contributed by atoms with Gasteiger partial charge in [0.1, 0.15) is 16.9 Å². The summed E-state index contributed by atoms with van der Waals surface area (Å²) >= 11 is 6.27. The highest BCUT2D eigenvalue weighted by molar-refractivity contribution is 6.33. The molecule has 2 aromatic carbocycles. The molecule has 0 saturated carbocycles. The summed E-state index contributed by atoms with van der Waals surface area (Å²) in [5.74, 6) is 2.16. The van der Waals surface area contributed by atoms with Crippen LogP contribution in [0.3, 0.4) is 0 Å². The van der Waals surface area contributed by atoms with Crippen LogP contribution in [0.1, 0.15) is 6.92 Å². The van der Waals surface area contributed by atoms with E-state index in [0.717, 1.165) is 22.4 Å². The van der Waals surface area contributed by atoms with Gasteiger partial charge in [0.25, 0.3) is 0 Å². The van der Waals surface area contributed by atoms with E-state index in [1.165, 1.54) is 0 Å². The number of rotatable bonds is 4. The minimum Gasteiger partial charge on any atom is -0.496 e. The van der Waals surface area contributed by atoms with E-state index in [0.29, 0.717) is 23.0 Å². The molecule has 0 bridgehead atoms. The number of halogens is 1. The fourth-order valence-electron chi connectivity index (χ4n) is 2.33. The standard InChI is InChI=1S/C18H16ClO3/c1-3-21-16-11-18(13-6-4-5-7-15(13)19)22-17-10-12(20-2)8-9-14(16)17/h4-11H,3H2,1-2H3/q+1. The normalized spacial score (nSPS) is 10.7. The van der Waals surface area contributed by atoms with Gasteiger partial charge in [-0.25, -0.2) is 4.42 Å². The molecule has 0 aliphatic heterocycles. The van der Waals surface area contributed by atoms with Crippen molar-refractivity contribution >= 4 is 22.6 Å². The van der Waals surface area contributed by atoms with Crippen LogP contribution in [0.4, 0.5) is 0 Å². The first kappa shape index (κ1) is 14.7. The Labute approximate surface area is 134 Å². The molecule has 3 rings (SSSR count). The number of benzene rings is 2.